The molecular formula is C21H36O6. The van der Waals surface area contributed by atoms with Crippen molar-refractivity contribution in [3.05, 3.63) is 24.3 Å². The zero-order valence-electron chi connectivity index (χ0n) is 16.9. The Kier molecular flexibility index (Phi) is 18.8. The van der Waals surface area contributed by atoms with Crippen LogP contribution in [0.15, 0.2) is 24.3 Å². The van der Waals surface area contributed by atoms with E-state index in [1.807, 2.05) is 0 Å². The average molecular weight is 385 g/mol. The van der Waals surface area contributed by atoms with Crippen LogP contribution in [0.3, 0.4) is 0 Å². The fourth-order valence-electron chi connectivity index (χ4n) is 2.14. The van der Waals surface area contributed by atoms with Gasteiger partial charge >= 0.3 is 17.9 Å². The van der Waals surface area contributed by atoms with Crippen molar-refractivity contribution in [1.29, 1.82) is 0 Å². The Labute approximate surface area is 163 Å². The summed E-state index contributed by atoms with van der Waals surface area (Å²) in [6.07, 6.45) is 12.5. The van der Waals surface area contributed by atoms with E-state index in [4.69, 9.17) is 14.9 Å². The van der Waals surface area contributed by atoms with Crippen LogP contribution in [-0.2, 0) is 19.1 Å². The summed E-state index contributed by atoms with van der Waals surface area (Å²) in [5, 5.41) is 16.1. The molecule has 0 saturated heterocycles. The van der Waals surface area contributed by atoms with Gasteiger partial charge in [0.2, 0.25) is 0 Å². The van der Waals surface area contributed by atoms with E-state index in [-0.39, 0.29) is 11.5 Å². The van der Waals surface area contributed by atoms with Gasteiger partial charge in [-0.1, -0.05) is 77.9 Å². The van der Waals surface area contributed by atoms with Crippen molar-refractivity contribution in [2.24, 2.45) is 0 Å². The number of hydrogen-bond donors (Lipinski definition) is 2. The van der Waals surface area contributed by atoms with E-state index in [0.717, 1.165) is 6.42 Å². The van der Waals surface area contributed by atoms with Crippen LogP contribution < -0.4 is 0 Å². The van der Waals surface area contributed by atoms with Gasteiger partial charge in [0.05, 0.1) is 13.0 Å². The van der Waals surface area contributed by atoms with Crippen molar-refractivity contribution < 1.29 is 29.3 Å². The first-order valence-electron chi connectivity index (χ1n) is 9.67. The van der Waals surface area contributed by atoms with E-state index in [2.05, 4.69) is 20.1 Å². The predicted octanol–water partition coefficient (Wildman–Crippen LogP) is 5.13. The maximum atomic E-state index is 11.1. The smallest absolute Gasteiger partial charge is 0.333 e. The van der Waals surface area contributed by atoms with E-state index in [0.29, 0.717) is 12.2 Å². The average Bonchev–Trinajstić information content (AvgIpc) is 2.59. The molecule has 0 aliphatic heterocycles. The highest BCUT2D eigenvalue weighted by molar-refractivity contribution is 5.91. The van der Waals surface area contributed by atoms with E-state index < -0.39 is 18.4 Å². The Morgan fingerprint density at radius 3 is 1.59 bits per heavy atom. The van der Waals surface area contributed by atoms with Gasteiger partial charge in [0.1, 0.15) is 0 Å². The summed E-state index contributed by atoms with van der Waals surface area (Å²) in [6.45, 7) is 11.0. The van der Waals surface area contributed by atoms with Crippen molar-refractivity contribution >= 4 is 17.9 Å². The standard InChI is InChI=1S/C16H30O2.C5H6O4/c1-4-5-6-7-8-9-10-11-12-13-14-18-16(17)15(2)3;1-3(5(8)9)2-4(6)7/h2,4-14H2,1,3H3;1-2H2,(H,6,7)(H,8,9). The van der Waals surface area contributed by atoms with Crippen molar-refractivity contribution in [1.82, 2.24) is 0 Å². The monoisotopic (exact) mass is 384 g/mol. The highest BCUT2D eigenvalue weighted by Crippen LogP contribution is 2.10. The number of ether oxygens (including phenoxy) is 1. The van der Waals surface area contributed by atoms with E-state index in [1.54, 1.807) is 6.92 Å². The number of rotatable bonds is 15. The second-order valence-corrected chi connectivity index (χ2v) is 6.58. The van der Waals surface area contributed by atoms with Gasteiger partial charge in [0.15, 0.2) is 0 Å². The number of carbonyl (C=O) groups excluding carboxylic acids is 1. The quantitative estimate of drug-likeness (QED) is 0.231. The number of carbonyl (C=O) groups is 3. The molecule has 0 aromatic carbocycles. The summed E-state index contributed by atoms with van der Waals surface area (Å²) in [5.74, 6) is -2.70. The Morgan fingerprint density at radius 2 is 1.26 bits per heavy atom. The fourth-order valence-corrected chi connectivity index (χ4v) is 2.14. The Hall–Kier alpha value is -2.11. The van der Waals surface area contributed by atoms with Crippen molar-refractivity contribution in [3.63, 3.8) is 0 Å². The van der Waals surface area contributed by atoms with E-state index >= 15 is 0 Å². The molecule has 0 spiro atoms. The summed E-state index contributed by atoms with van der Waals surface area (Å²) < 4.78 is 5.04. The van der Waals surface area contributed by atoms with Crippen LogP contribution in [0.5, 0.6) is 0 Å². The summed E-state index contributed by atoms with van der Waals surface area (Å²) in [4.78, 5) is 30.7. The van der Waals surface area contributed by atoms with E-state index in [9.17, 15) is 14.4 Å². The number of unbranched alkanes of at least 4 members (excludes halogenated alkanes) is 9. The maximum Gasteiger partial charge on any atom is 0.333 e. The largest absolute Gasteiger partial charge is 0.481 e. The van der Waals surface area contributed by atoms with Crippen LogP contribution in [0.25, 0.3) is 0 Å². The molecule has 0 aromatic rings. The van der Waals surface area contributed by atoms with Gasteiger partial charge in [-0.25, -0.2) is 9.59 Å². The summed E-state index contributed by atoms with van der Waals surface area (Å²) in [5.41, 5.74) is 0.185. The van der Waals surface area contributed by atoms with Gasteiger partial charge in [0.25, 0.3) is 0 Å². The minimum absolute atomic E-state index is 0.258. The highest BCUT2D eigenvalue weighted by atomic mass is 16.5. The minimum Gasteiger partial charge on any atom is -0.481 e. The van der Waals surface area contributed by atoms with Gasteiger partial charge in [0, 0.05) is 11.1 Å². The van der Waals surface area contributed by atoms with Crippen LogP contribution in [-0.4, -0.2) is 34.7 Å². The van der Waals surface area contributed by atoms with Crippen LogP contribution in [0.1, 0.15) is 84.5 Å². The van der Waals surface area contributed by atoms with Gasteiger partial charge in [-0.3, -0.25) is 4.79 Å². The lowest BCUT2D eigenvalue weighted by Crippen LogP contribution is -2.05. The van der Waals surface area contributed by atoms with Crippen molar-refractivity contribution in [3.8, 4) is 0 Å². The summed E-state index contributed by atoms with van der Waals surface area (Å²) in [7, 11) is 0. The molecule has 6 heteroatoms. The second-order valence-electron chi connectivity index (χ2n) is 6.58. The lowest BCUT2D eigenvalue weighted by molar-refractivity contribution is -0.139. The molecule has 0 aliphatic rings. The van der Waals surface area contributed by atoms with Gasteiger partial charge in [-0.15, -0.1) is 0 Å². The lowest BCUT2D eigenvalue weighted by Gasteiger charge is -2.04. The molecule has 2 N–H and O–H groups in total. The molecule has 0 atom stereocenters. The lowest BCUT2D eigenvalue weighted by atomic mass is 10.1. The fraction of sp³-hybridized carbons (Fsp3) is 0.667. The van der Waals surface area contributed by atoms with Crippen LogP contribution in [0.4, 0.5) is 0 Å². The molecule has 156 valence electrons. The Balaban J connectivity index is 0. The van der Waals surface area contributed by atoms with Gasteiger partial charge in [-0.05, 0) is 13.3 Å². The topological polar surface area (TPSA) is 101 Å². The maximum absolute atomic E-state index is 11.1. The molecular weight excluding hydrogens is 348 g/mol. The molecule has 27 heavy (non-hydrogen) atoms. The molecule has 0 amide bonds. The molecule has 0 unspecified atom stereocenters. The first-order valence-corrected chi connectivity index (χ1v) is 9.67. The zero-order valence-corrected chi connectivity index (χ0v) is 16.9. The van der Waals surface area contributed by atoms with Crippen LogP contribution >= 0.6 is 0 Å². The zero-order chi connectivity index (χ0) is 21.1. The Morgan fingerprint density at radius 1 is 0.815 bits per heavy atom. The second kappa shape index (κ2) is 18.7. The van der Waals surface area contributed by atoms with Crippen LogP contribution in [0, 0.1) is 0 Å². The molecule has 0 radical (unpaired) electrons. The van der Waals surface area contributed by atoms with Gasteiger partial charge in [-0.2, -0.15) is 0 Å². The molecule has 0 aliphatic carbocycles. The Bertz CT molecular complexity index is 467. The third-order valence-corrected chi connectivity index (χ3v) is 3.75. The third-order valence-electron chi connectivity index (χ3n) is 3.75. The number of aliphatic carboxylic acids is 2. The normalized spacial score (nSPS) is 9.70. The first-order chi connectivity index (χ1) is 12.7. The predicted molar refractivity (Wildman–Crippen MR) is 107 cm³/mol. The summed E-state index contributed by atoms with van der Waals surface area (Å²) in [6, 6.07) is 0. The number of carboxylic acids is 2. The highest BCUT2D eigenvalue weighted by Gasteiger charge is 2.07. The first kappa shape index (κ1) is 27.1. The van der Waals surface area contributed by atoms with Gasteiger partial charge < -0.3 is 14.9 Å². The number of esters is 1. The number of hydrogen-bond acceptors (Lipinski definition) is 4. The number of carboxylic acid groups (broad SMARTS) is 2. The third kappa shape index (κ3) is 21.8. The summed E-state index contributed by atoms with van der Waals surface area (Å²) >= 11 is 0. The van der Waals surface area contributed by atoms with Crippen molar-refractivity contribution in [2.45, 2.75) is 84.5 Å². The minimum atomic E-state index is -1.27. The molecule has 0 bridgehead atoms. The molecule has 6 nitrogen and oxygen atoms in total. The molecule has 0 fully saturated rings. The SMILES string of the molecule is C=C(C)C(=O)OCCCCCCCCCCCC.C=C(CC(=O)O)C(=O)O. The molecule has 0 aromatic heterocycles. The van der Waals surface area contributed by atoms with E-state index in [1.165, 1.54) is 57.8 Å². The van der Waals surface area contributed by atoms with Crippen LogP contribution in [0.2, 0.25) is 0 Å². The van der Waals surface area contributed by atoms with Crippen molar-refractivity contribution in [2.75, 3.05) is 6.61 Å². The molecule has 0 saturated carbocycles. The molecule has 0 rings (SSSR count). The molecule has 0 heterocycles.